The molecule has 0 saturated heterocycles. The lowest BCUT2D eigenvalue weighted by atomic mass is 10.3. The molecule has 0 radical (unpaired) electrons. The molecule has 0 bridgehead atoms. The predicted octanol–water partition coefficient (Wildman–Crippen LogP) is 3.46. The molecule has 0 saturated carbocycles. The average molecular weight is 487 g/mol. The fourth-order valence-electron chi connectivity index (χ4n) is 2.18. The molecule has 0 aliphatic heterocycles. The van der Waals surface area contributed by atoms with Crippen LogP contribution < -0.4 is 16.0 Å². The highest BCUT2D eigenvalue weighted by molar-refractivity contribution is 14.0. The van der Waals surface area contributed by atoms with Crippen LogP contribution >= 0.6 is 35.3 Å². The largest absolute Gasteiger partial charge is 0.357 e. The number of carbonyl (C=O) groups is 1. The van der Waals surface area contributed by atoms with Crippen molar-refractivity contribution in [1.82, 2.24) is 15.6 Å². The molecule has 0 fully saturated rings. The van der Waals surface area contributed by atoms with Crippen molar-refractivity contribution in [2.75, 3.05) is 18.4 Å². The number of aromatic nitrogens is 1. The number of rotatable bonds is 7. The number of nitrogens with zero attached hydrogens (tertiary/aromatic N) is 2. The summed E-state index contributed by atoms with van der Waals surface area (Å²) in [6.45, 7) is 7.91. The summed E-state index contributed by atoms with van der Waals surface area (Å²) >= 11 is 1.75. The molecule has 0 aliphatic rings. The van der Waals surface area contributed by atoms with Crippen molar-refractivity contribution in [1.29, 1.82) is 0 Å². The van der Waals surface area contributed by atoms with Gasteiger partial charge >= 0.3 is 0 Å². The molecule has 0 aliphatic carbocycles. The van der Waals surface area contributed by atoms with Gasteiger partial charge in [-0.2, -0.15) is 0 Å². The Labute approximate surface area is 175 Å². The number of amides is 1. The summed E-state index contributed by atoms with van der Waals surface area (Å²) in [5.41, 5.74) is 0.876. The van der Waals surface area contributed by atoms with Gasteiger partial charge in [0.05, 0.1) is 6.54 Å². The lowest BCUT2D eigenvalue weighted by molar-refractivity contribution is -0.116. The van der Waals surface area contributed by atoms with Gasteiger partial charge in [-0.25, -0.2) is 9.98 Å². The summed E-state index contributed by atoms with van der Waals surface area (Å²) in [4.78, 5) is 23.3. The van der Waals surface area contributed by atoms with Crippen molar-refractivity contribution in [3.05, 3.63) is 45.8 Å². The van der Waals surface area contributed by atoms with E-state index in [2.05, 4.69) is 45.0 Å². The van der Waals surface area contributed by atoms with E-state index in [0.29, 0.717) is 25.3 Å². The molecule has 0 spiro atoms. The minimum Gasteiger partial charge on any atom is -0.357 e. The first-order valence-electron chi connectivity index (χ1n) is 8.38. The molecule has 0 unspecified atom stereocenters. The highest BCUT2D eigenvalue weighted by Gasteiger charge is 2.05. The molecule has 2 aromatic rings. The van der Waals surface area contributed by atoms with Crippen LogP contribution in [0.4, 0.5) is 5.82 Å². The smallest absolute Gasteiger partial charge is 0.227 e. The van der Waals surface area contributed by atoms with Gasteiger partial charge in [0.15, 0.2) is 5.96 Å². The minimum atomic E-state index is -0.0738. The number of halogens is 1. The number of aliphatic imine (C=N–C) groups is 1. The Morgan fingerprint density at radius 1 is 1.19 bits per heavy atom. The first-order valence-corrected chi connectivity index (χ1v) is 9.19. The first kappa shape index (κ1) is 22.4. The van der Waals surface area contributed by atoms with Crippen LogP contribution in [0.1, 0.15) is 28.8 Å². The maximum Gasteiger partial charge on any atom is 0.227 e. The number of nitrogens with one attached hydrogen (secondary N) is 3. The van der Waals surface area contributed by atoms with E-state index in [4.69, 9.17) is 0 Å². The summed E-state index contributed by atoms with van der Waals surface area (Å²) < 4.78 is 0. The third-order valence-electron chi connectivity index (χ3n) is 3.33. The zero-order valence-electron chi connectivity index (χ0n) is 15.3. The number of carbonyl (C=O) groups excluding carboxylic acids is 1. The SMILES string of the molecule is CCNC(=NCc1ccc(C)s1)NCCC(=O)Nc1cccc(C)n1.I. The molecule has 0 aromatic carbocycles. The second kappa shape index (κ2) is 11.8. The van der Waals surface area contributed by atoms with Crippen LogP contribution in [0.3, 0.4) is 0 Å². The predicted molar refractivity (Wildman–Crippen MR) is 120 cm³/mol. The maximum absolute atomic E-state index is 12.0. The van der Waals surface area contributed by atoms with Crippen molar-refractivity contribution in [2.24, 2.45) is 4.99 Å². The van der Waals surface area contributed by atoms with Gasteiger partial charge in [0.25, 0.3) is 0 Å². The summed E-state index contributed by atoms with van der Waals surface area (Å²) in [6, 6.07) is 9.74. The number of pyridine rings is 1. The van der Waals surface area contributed by atoms with E-state index in [-0.39, 0.29) is 29.9 Å². The molecule has 3 N–H and O–H groups in total. The summed E-state index contributed by atoms with van der Waals surface area (Å²) in [5.74, 6) is 1.23. The third-order valence-corrected chi connectivity index (χ3v) is 4.32. The fraction of sp³-hybridized carbons (Fsp3) is 0.389. The second-order valence-corrected chi connectivity index (χ2v) is 6.97. The van der Waals surface area contributed by atoms with Gasteiger partial charge in [-0.1, -0.05) is 6.07 Å². The van der Waals surface area contributed by atoms with Crippen LogP contribution in [0, 0.1) is 13.8 Å². The van der Waals surface area contributed by atoms with E-state index in [0.717, 1.165) is 18.2 Å². The molecule has 142 valence electrons. The zero-order valence-corrected chi connectivity index (χ0v) is 18.5. The van der Waals surface area contributed by atoms with E-state index in [9.17, 15) is 4.79 Å². The number of hydrogen-bond acceptors (Lipinski definition) is 4. The first-order chi connectivity index (χ1) is 12.1. The van der Waals surface area contributed by atoms with Gasteiger partial charge in [0.1, 0.15) is 5.82 Å². The number of thiophene rings is 1. The highest BCUT2D eigenvalue weighted by Crippen LogP contribution is 2.15. The quantitative estimate of drug-likeness (QED) is 0.318. The number of anilines is 1. The van der Waals surface area contributed by atoms with Gasteiger partial charge in [0, 0.05) is 35.0 Å². The van der Waals surface area contributed by atoms with Gasteiger partial charge < -0.3 is 16.0 Å². The Kier molecular flexibility index (Phi) is 10.2. The van der Waals surface area contributed by atoms with Gasteiger partial charge in [-0.3, -0.25) is 4.79 Å². The van der Waals surface area contributed by atoms with Gasteiger partial charge in [0.2, 0.25) is 5.91 Å². The standard InChI is InChI=1S/C18H25N5OS.HI/c1-4-19-18(21-12-15-9-8-14(3)25-15)20-11-10-17(24)23-16-7-5-6-13(2)22-16;/h5-9H,4,10-12H2,1-3H3,(H2,19,20,21)(H,22,23,24);1H. The molecular weight excluding hydrogens is 461 g/mol. The van der Waals surface area contributed by atoms with E-state index in [1.807, 2.05) is 26.0 Å². The van der Waals surface area contributed by atoms with Crippen molar-refractivity contribution < 1.29 is 4.79 Å². The third kappa shape index (κ3) is 8.13. The Bertz CT molecular complexity index is 732. The maximum atomic E-state index is 12.0. The molecule has 26 heavy (non-hydrogen) atoms. The van der Waals surface area contributed by atoms with Crippen LogP contribution in [0.15, 0.2) is 35.3 Å². The van der Waals surface area contributed by atoms with Gasteiger partial charge in [-0.15, -0.1) is 35.3 Å². The van der Waals surface area contributed by atoms with Crippen LogP contribution in [-0.4, -0.2) is 29.9 Å². The van der Waals surface area contributed by atoms with Crippen LogP contribution in [-0.2, 0) is 11.3 Å². The molecule has 2 heterocycles. The van der Waals surface area contributed by atoms with Crippen molar-refractivity contribution >= 4 is 53.0 Å². The Balaban J connectivity index is 0.00000338. The Morgan fingerprint density at radius 3 is 2.65 bits per heavy atom. The molecule has 8 heteroatoms. The van der Waals surface area contributed by atoms with Crippen molar-refractivity contribution in [3.8, 4) is 0 Å². The molecule has 2 aromatic heterocycles. The minimum absolute atomic E-state index is 0. The van der Waals surface area contributed by atoms with Crippen LogP contribution in [0.25, 0.3) is 0 Å². The second-order valence-electron chi connectivity index (χ2n) is 5.60. The summed E-state index contributed by atoms with van der Waals surface area (Å²) in [6.07, 6.45) is 0.345. The van der Waals surface area contributed by atoms with Crippen LogP contribution in [0.2, 0.25) is 0 Å². The lowest BCUT2D eigenvalue weighted by Crippen LogP contribution is -2.38. The normalized spacial score (nSPS) is 10.8. The number of hydrogen-bond donors (Lipinski definition) is 3. The van der Waals surface area contributed by atoms with E-state index in [1.54, 1.807) is 17.4 Å². The molecule has 0 atom stereocenters. The highest BCUT2D eigenvalue weighted by atomic mass is 127. The van der Waals surface area contributed by atoms with Crippen LogP contribution in [0.5, 0.6) is 0 Å². The summed E-state index contributed by atoms with van der Waals surface area (Å²) in [7, 11) is 0. The fourth-order valence-corrected chi connectivity index (χ4v) is 3.00. The molecular formula is C18H26IN5OS. The van der Waals surface area contributed by atoms with Crippen molar-refractivity contribution in [3.63, 3.8) is 0 Å². The van der Waals surface area contributed by atoms with Gasteiger partial charge in [-0.05, 0) is 45.0 Å². The van der Waals surface area contributed by atoms with E-state index in [1.165, 1.54) is 9.75 Å². The number of aryl methyl sites for hydroxylation is 2. The van der Waals surface area contributed by atoms with Crippen molar-refractivity contribution in [2.45, 2.75) is 33.7 Å². The van der Waals surface area contributed by atoms with E-state index < -0.39 is 0 Å². The Morgan fingerprint density at radius 2 is 2.00 bits per heavy atom. The summed E-state index contributed by atoms with van der Waals surface area (Å²) in [5, 5.41) is 9.18. The zero-order chi connectivity index (χ0) is 18.1. The topological polar surface area (TPSA) is 78.4 Å². The monoisotopic (exact) mass is 487 g/mol. The lowest BCUT2D eigenvalue weighted by Gasteiger charge is -2.11. The molecule has 2 rings (SSSR count). The molecule has 1 amide bonds. The van der Waals surface area contributed by atoms with E-state index >= 15 is 0 Å². The molecule has 6 nitrogen and oxygen atoms in total. The average Bonchev–Trinajstić information content (AvgIpc) is 2.98. The Hall–Kier alpha value is -1.68. The number of guanidine groups is 1.